The highest BCUT2D eigenvalue weighted by Gasteiger charge is 2.17. The largest absolute Gasteiger partial charge is 0.494 e. The fourth-order valence-corrected chi connectivity index (χ4v) is 1.87. The summed E-state index contributed by atoms with van der Waals surface area (Å²) in [4.78, 5) is 14.0. The number of amidine groups is 1. The fraction of sp³-hybridized carbons (Fsp3) is 0.467. The van der Waals surface area contributed by atoms with Gasteiger partial charge >= 0.3 is 0 Å². The summed E-state index contributed by atoms with van der Waals surface area (Å²) in [6.07, 6.45) is 1.69. The van der Waals surface area contributed by atoms with E-state index in [2.05, 4.69) is 5.16 Å². The van der Waals surface area contributed by atoms with Gasteiger partial charge in [-0.25, -0.2) is 0 Å². The van der Waals surface area contributed by atoms with Crippen molar-refractivity contribution < 1.29 is 14.7 Å². The van der Waals surface area contributed by atoms with E-state index in [1.807, 2.05) is 19.9 Å². The van der Waals surface area contributed by atoms with E-state index in [1.54, 1.807) is 23.1 Å². The number of carbonyl (C=O) groups excluding carboxylic acids is 1. The van der Waals surface area contributed by atoms with Gasteiger partial charge in [0.15, 0.2) is 5.84 Å². The van der Waals surface area contributed by atoms with E-state index in [4.69, 9.17) is 15.7 Å². The lowest BCUT2D eigenvalue weighted by atomic mass is 10.2. The van der Waals surface area contributed by atoms with Gasteiger partial charge in [0.25, 0.3) is 5.91 Å². The van der Waals surface area contributed by atoms with Crippen molar-refractivity contribution in [3.63, 3.8) is 0 Å². The van der Waals surface area contributed by atoms with Crippen LogP contribution in [0.25, 0.3) is 0 Å². The molecule has 1 aromatic rings. The number of amides is 1. The van der Waals surface area contributed by atoms with Gasteiger partial charge in [-0.1, -0.05) is 25.1 Å². The van der Waals surface area contributed by atoms with Crippen molar-refractivity contribution in [2.45, 2.75) is 26.7 Å². The summed E-state index contributed by atoms with van der Waals surface area (Å²) in [7, 11) is 0. The van der Waals surface area contributed by atoms with Gasteiger partial charge in [0.1, 0.15) is 5.75 Å². The van der Waals surface area contributed by atoms with E-state index in [0.717, 1.165) is 12.8 Å². The fourth-order valence-electron chi connectivity index (χ4n) is 1.87. The SMILES string of the molecule is CCCOc1cccc(C(=O)N(CCC)CC(N)=NO)c1. The molecule has 0 aliphatic rings. The van der Waals surface area contributed by atoms with Crippen LogP contribution in [0.15, 0.2) is 29.4 Å². The molecule has 0 radical (unpaired) electrons. The number of hydrogen-bond acceptors (Lipinski definition) is 4. The molecular weight excluding hydrogens is 270 g/mol. The number of carbonyl (C=O) groups is 1. The summed E-state index contributed by atoms with van der Waals surface area (Å²) >= 11 is 0. The van der Waals surface area contributed by atoms with Crippen molar-refractivity contribution in [2.75, 3.05) is 19.7 Å². The predicted molar refractivity (Wildman–Crippen MR) is 81.8 cm³/mol. The van der Waals surface area contributed by atoms with Crippen molar-refractivity contribution in [3.8, 4) is 5.75 Å². The number of rotatable bonds is 8. The van der Waals surface area contributed by atoms with Crippen LogP contribution in [0.5, 0.6) is 5.75 Å². The van der Waals surface area contributed by atoms with Gasteiger partial charge < -0.3 is 20.6 Å². The zero-order valence-corrected chi connectivity index (χ0v) is 12.6. The lowest BCUT2D eigenvalue weighted by Crippen LogP contribution is -2.39. The Bertz CT molecular complexity index is 489. The third-order valence-electron chi connectivity index (χ3n) is 2.82. The van der Waals surface area contributed by atoms with Crippen molar-refractivity contribution >= 4 is 11.7 Å². The highest BCUT2D eigenvalue weighted by molar-refractivity contribution is 5.97. The number of hydrogen-bond donors (Lipinski definition) is 2. The van der Waals surface area contributed by atoms with Crippen LogP contribution in [0.1, 0.15) is 37.0 Å². The average molecular weight is 293 g/mol. The van der Waals surface area contributed by atoms with Gasteiger partial charge in [-0.3, -0.25) is 4.79 Å². The van der Waals surface area contributed by atoms with E-state index >= 15 is 0 Å². The summed E-state index contributed by atoms with van der Waals surface area (Å²) in [6, 6.07) is 7.05. The highest BCUT2D eigenvalue weighted by atomic mass is 16.5. The first-order valence-electron chi connectivity index (χ1n) is 7.10. The van der Waals surface area contributed by atoms with E-state index in [0.29, 0.717) is 24.5 Å². The molecule has 1 amide bonds. The number of oxime groups is 1. The lowest BCUT2D eigenvalue weighted by molar-refractivity contribution is 0.0777. The summed E-state index contributed by atoms with van der Waals surface area (Å²) in [5, 5.41) is 11.6. The third-order valence-corrected chi connectivity index (χ3v) is 2.82. The maximum atomic E-state index is 12.5. The van der Waals surface area contributed by atoms with Crippen LogP contribution < -0.4 is 10.5 Å². The molecule has 6 heteroatoms. The molecule has 116 valence electrons. The smallest absolute Gasteiger partial charge is 0.254 e. The molecule has 0 bridgehead atoms. The van der Waals surface area contributed by atoms with Gasteiger partial charge in [0.05, 0.1) is 13.2 Å². The monoisotopic (exact) mass is 293 g/mol. The highest BCUT2D eigenvalue weighted by Crippen LogP contribution is 2.15. The predicted octanol–water partition coefficient (Wildman–Crippen LogP) is 2.07. The van der Waals surface area contributed by atoms with Gasteiger partial charge in [-0.15, -0.1) is 0 Å². The molecule has 0 heterocycles. The zero-order valence-electron chi connectivity index (χ0n) is 12.6. The second kappa shape index (κ2) is 8.84. The van der Waals surface area contributed by atoms with Crippen LogP contribution in [0, 0.1) is 0 Å². The molecule has 21 heavy (non-hydrogen) atoms. The van der Waals surface area contributed by atoms with Crippen molar-refractivity contribution in [3.05, 3.63) is 29.8 Å². The normalized spacial score (nSPS) is 11.2. The molecule has 0 spiro atoms. The molecule has 6 nitrogen and oxygen atoms in total. The van der Waals surface area contributed by atoms with Crippen molar-refractivity contribution in [2.24, 2.45) is 10.9 Å². The molecule has 0 saturated carbocycles. The van der Waals surface area contributed by atoms with Crippen LogP contribution in [0.3, 0.4) is 0 Å². The molecule has 0 atom stereocenters. The summed E-state index contributed by atoms with van der Waals surface area (Å²) < 4.78 is 5.53. The van der Waals surface area contributed by atoms with E-state index in [1.165, 1.54) is 0 Å². The number of benzene rings is 1. The molecular formula is C15H23N3O3. The standard InChI is InChI=1S/C15H23N3O3/c1-3-8-18(11-14(16)17-20)15(19)12-6-5-7-13(10-12)21-9-4-2/h5-7,10,20H,3-4,8-9,11H2,1-2H3,(H2,16,17). The molecule has 0 aromatic heterocycles. The Morgan fingerprint density at radius 3 is 2.76 bits per heavy atom. The maximum Gasteiger partial charge on any atom is 0.254 e. The van der Waals surface area contributed by atoms with Crippen molar-refractivity contribution in [1.29, 1.82) is 0 Å². The zero-order chi connectivity index (χ0) is 15.7. The first kappa shape index (κ1) is 16.8. The molecule has 0 fully saturated rings. The van der Waals surface area contributed by atoms with Crippen LogP contribution >= 0.6 is 0 Å². The number of nitrogens with two attached hydrogens (primary N) is 1. The average Bonchev–Trinajstić information content (AvgIpc) is 2.51. The minimum Gasteiger partial charge on any atom is -0.494 e. The Labute approximate surface area is 125 Å². The van der Waals surface area contributed by atoms with E-state index < -0.39 is 0 Å². The minimum absolute atomic E-state index is 0.00943. The van der Waals surface area contributed by atoms with Gasteiger partial charge in [0, 0.05) is 12.1 Å². The van der Waals surface area contributed by atoms with Crippen LogP contribution in [0.4, 0.5) is 0 Å². The first-order valence-corrected chi connectivity index (χ1v) is 7.10. The quantitative estimate of drug-likeness (QED) is 0.332. The van der Waals surface area contributed by atoms with Crippen LogP contribution in [-0.2, 0) is 0 Å². The molecule has 1 rings (SSSR count). The molecule has 3 N–H and O–H groups in total. The van der Waals surface area contributed by atoms with Gasteiger partial charge in [0.2, 0.25) is 0 Å². The second-order valence-corrected chi connectivity index (χ2v) is 4.69. The molecule has 0 aliphatic heterocycles. The molecule has 0 aliphatic carbocycles. The topological polar surface area (TPSA) is 88.2 Å². The Balaban J connectivity index is 2.87. The second-order valence-electron chi connectivity index (χ2n) is 4.69. The third kappa shape index (κ3) is 5.33. The van der Waals surface area contributed by atoms with Crippen LogP contribution in [-0.4, -0.2) is 41.5 Å². The number of ether oxygens (including phenoxy) is 1. The van der Waals surface area contributed by atoms with Crippen LogP contribution in [0.2, 0.25) is 0 Å². The van der Waals surface area contributed by atoms with E-state index in [-0.39, 0.29) is 18.3 Å². The van der Waals surface area contributed by atoms with Gasteiger partial charge in [-0.05, 0) is 31.0 Å². The lowest BCUT2D eigenvalue weighted by Gasteiger charge is -2.21. The van der Waals surface area contributed by atoms with E-state index in [9.17, 15) is 4.79 Å². The molecule has 0 saturated heterocycles. The van der Waals surface area contributed by atoms with Crippen molar-refractivity contribution in [1.82, 2.24) is 4.90 Å². The maximum absolute atomic E-state index is 12.5. The Hall–Kier alpha value is -2.24. The summed E-state index contributed by atoms with van der Waals surface area (Å²) in [5.41, 5.74) is 6.03. The summed E-state index contributed by atoms with van der Waals surface area (Å²) in [6.45, 7) is 5.24. The summed E-state index contributed by atoms with van der Waals surface area (Å²) in [5.74, 6) is 0.517. The molecule has 1 aromatic carbocycles. The van der Waals surface area contributed by atoms with Gasteiger partial charge in [-0.2, -0.15) is 0 Å². The Kier molecular flexibility index (Phi) is 7.08. The Morgan fingerprint density at radius 2 is 2.14 bits per heavy atom. The minimum atomic E-state index is -0.162. The first-order chi connectivity index (χ1) is 10.1. The Morgan fingerprint density at radius 1 is 1.38 bits per heavy atom. The number of nitrogens with zero attached hydrogens (tertiary/aromatic N) is 2. The molecule has 0 unspecified atom stereocenters.